The third kappa shape index (κ3) is 64.8. The molecule has 0 aliphatic heterocycles. The lowest BCUT2D eigenvalue weighted by molar-refractivity contribution is -0.161. The fourth-order valence-electron chi connectivity index (χ4n) is 10.8. The van der Waals surface area contributed by atoms with Gasteiger partial charge in [-0.1, -0.05) is 311 Å². The lowest BCUT2D eigenvalue weighted by Gasteiger charge is -2.21. The molecule has 0 fully saturated rings. The van der Waals surface area contributed by atoms with Gasteiger partial charge in [0.2, 0.25) is 0 Å². The van der Waals surface area contributed by atoms with Crippen LogP contribution in [0.1, 0.15) is 363 Å². The molecule has 5 atom stereocenters. The van der Waals surface area contributed by atoms with E-state index in [0.717, 1.165) is 95.8 Å². The van der Waals surface area contributed by atoms with Crippen molar-refractivity contribution in [3.63, 3.8) is 0 Å². The Morgan fingerprint density at radius 2 is 0.511 bits per heavy atom. The second kappa shape index (κ2) is 63.1. The molecule has 0 aromatic rings. The molecule has 0 rings (SSSR count). The van der Waals surface area contributed by atoms with E-state index in [1.54, 1.807) is 0 Å². The molecule has 0 heterocycles. The molecule has 0 bridgehead atoms. The summed E-state index contributed by atoms with van der Waals surface area (Å²) in [5.41, 5.74) is 0. The van der Waals surface area contributed by atoms with E-state index >= 15 is 0 Å². The number of aliphatic hydroxyl groups excluding tert-OH is 1. The molecule has 3 N–H and O–H groups in total. The van der Waals surface area contributed by atoms with Gasteiger partial charge >= 0.3 is 39.5 Å². The molecule has 0 saturated carbocycles. The number of unbranched alkanes of at least 4 members (excludes halogenated alkanes) is 40. The molecule has 90 heavy (non-hydrogen) atoms. The summed E-state index contributed by atoms with van der Waals surface area (Å²) in [6.07, 6.45) is 48.7. The largest absolute Gasteiger partial charge is 0.472 e. The highest BCUT2D eigenvalue weighted by molar-refractivity contribution is 7.47. The Morgan fingerprint density at radius 3 is 0.756 bits per heavy atom. The number of aliphatic hydroxyl groups is 1. The van der Waals surface area contributed by atoms with Gasteiger partial charge < -0.3 is 33.8 Å². The maximum absolute atomic E-state index is 13.0. The number of rotatable bonds is 70. The van der Waals surface area contributed by atoms with E-state index < -0.39 is 97.5 Å². The Bertz CT molecular complexity index is 1750. The van der Waals surface area contributed by atoms with E-state index in [9.17, 15) is 43.2 Å². The number of hydrogen-bond donors (Lipinski definition) is 3. The Kier molecular flexibility index (Phi) is 61.8. The highest BCUT2D eigenvalue weighted by Crippen LogP contribution is 2.45. The Hall–Kier alpha value is -1.94. The molecule has 0 spiro atoms. The number of hydrogen-bond acceptors (Lipinski definition) is 15. The van der Waals surface area contributed by atoms with E-state index in [4.69, 9.17) is 37.0 Å². The van der Waals surface area contributed by atoms with Crippen molar-refractivity contribution >= 4 is 39.5 Å². The maximum atomic E-state index is 13.0. The molecule has 0 amide bonds. The van der Waals surface area contributed by atoms with Crippen molar-refractivity contribution in [3.05, 3.63) is 0 Å². The first kappa shape index (κ1) is 88.1. The topological polar surface area (TPSA) is 237 Å². The monoisotopic (exact) mass is 1320 g/mol. The lowest BCUT2D eigenvalue weighted by Crippen LogP contribution is -2.30. The van der Waals surface area contributed by atoms with Gasteiger partial charge in [0.25, 0.3) is 0 Å². The van der Waals surface area contributed by atoms with Crippen molar-refractivity contribution in [2.45, 2.75) is 381 Å². The zero-order valence-electron chi connectivity index (χ0n) is 58.4. The second-order valence-corrected chi connectivity index (χ2v) is 29.5. The van der Waals surface area contributed by atoms with Crippen molar-refractivity contribution in [2.75, 3.05) is 39.6 Å². The van der Waals surface area contributed by atoms with Gasteiger partial charge in [-0.15, -0.1) is 0 Å². The summed E-state index contributed by atoms with van der Waals surface area (Å²) in [6, 6.07) is 0. The quantitative estimate of drug-likeness (QED) is 0.0222. The first-order valence-electron chi connectivity index (χ1n) is 37.0. The summed E-state index contributed by atoms with van der Waals surface area (Å²) in [5, 5.41) is 10.6. The zero-order chi connectivity index (χ0) is 66.5. The van der Waals surface area contributed by atoms with Crippen molar-refractivity contribution in [2.24, 2.45) is 11.8 Å². The normalized spacial score (nSPS) is 14.1. The molecular formula is C71H138O17P2. The Labute approximate surface area is 549 Å². The number of phosphoric ester groups is 2. The molecule has 0 aromatic carbocycles. The molecular weight excluding hydrogens is 1190 g/mol. The smallest absolute Gasteiger partial charge is 0.462 e. The van der Waals surface area contributed by atoms with Crippen molar-refractivity contribution in [1.82, 2.24) is 0 Å². The highest BCUT2D eigenvalue weighted by Gasteiger charge is 2.30. The van der Waals surface area contributed by atoms with Gasteiger partial charge in [0.1, 0.15) is 19.3 Å². The molecule has 0 radical (unpaired) electrons. The van der Waals surface area contributed by atoms with Crippen LogP contribution < -0.4 is 0 Å². The summed E-state index contributed by atoms with van der Waals surface area (Å²) < 4.78 is 68.3. The van der Waals surface area contributed by atoms with Crippen molar-refractivity contribution < 1.29 is 80.2 Å². The number of carbonyl (C=O) groups excluding carboxylic acids is 4. The van der Waals surface area contributed by atoms with Crippen LogP contribution in [0.15, 0.2) is 0 Å². The molecule has 0 aliphatic carbocycles. The van der Waals surface area contributed by atoms with Gasteiger partial charge in [-0.05, 0) is 37.5 Å². The molecule has 17 nitrogen and oxygen atoms in total. The first-order chi connectivity index (χ1) is 43.4. The highest BCUT2D eigenvalue weighted by atomic mass is 31.2. The number of ether oxygens (including phenoxy) is 4. The van der Waals surface area contributed by atoms with Crippen LogP contribution >= 0.6 is 15.6 Å². The third-order valence-electron chi connectivity index (χ3n) is 16.5. The van der Waals surface area contributed by atoms with Gasteiger partial charge in [-0.2, -0.15) is 0 Å². The number of carbonyl (C=O) groups is 4. The van der Waals surface area contributed by atoms with Gasteiger partial charge in [-0.25, -0.2) is 9.13 Å². The van der Waals surface area contributed by atoms with Crippen molar-refractivity contribution in [3.8, 4) is 0 Å². The molecule has 0 aliphatic rings. The van der Waals surface area contributed by atoms with Crippen LogP contribution in [0.4, 0.5) is 0 Å². The van der Waals surface area contributed by atoms with Crippen molar-refractivity contribution in [1.29, 1.82) is 0 Å². The number of phosphoric acid groups is 2. The molecule has 534 valence electrons. The number of esters is 4. The van der Waals surface area contributed by atoms with Gasteiger partial charge in [0.15, 0.2) is 12.2 Å². The maximum Gasteiger partial charge on any atom is 0.472 e. The summed E-state index contributed by atoms with van der Waals surface area (Å²) in [7, 11) is -9.90. The van der Waals surface area contributed by atoms with Crippen LogP contribution in [0.2, 0.25) is 0 Å². The minimum Gasteiger partial charge on any atom is -0.462 e. The first-order valence-corrected chi connectivity index (χ1v) is 40.0. The predicted octanol–water partition coefficient (Wildman–Crippen LogP) is 20.4. The lowest BCUT2D eigenvalue weighted by atomic mass is 10.0. The molecule has 2 unspecified atom stereocenters. The average Bonchev–Trinajstić information content (AvgIpc) is 3.24. The average molecular weight is 1330 g/mol. The van der Waals surface area contributed by atoms with Crippen LogP contribution in [0, 0.1) is 11.8 Å². The van der Waals surface area contributed by atoms with E-state index in [-0.39, 0.29) is 25.7 Å². The van der Waals surface area contributed by atoms with E-state index in [0.29, 0.717) is 31.6 Å². The van der Waals surface area contributed by atoms with Crippen LogP contribution in [0.5, 0.6) is 0 Å². The van der Waals surface area contributed by atoms with Crippen LogP contribution in [0.25, 0.3) is 0 Å². The molecule has 19 heteroatoms. The fraction of sp³-hybridized carbons (Fsp3) is 0.944. The van der Waals surface area contributed by atoms with Crippen LogP contribution in [-0.4, -0.2) is 96.7 Å². The molecule has 0 saturated heterocycles. The Morgan fingerprint density at radius 1 is 0.300 bits per heavy atom. The van der Waals surface area contributed by atoms with E-state index in [2.05, 4.69) is 41.5 Å². The minimum absolute atomic E-state index is 0.103. The van der Waals surface area contributed by atoms with Gasteiger partial charge in [0.05, 0.1) is 26.4 Å². The summed E-state index contributed by atoms with van der Waals surface area (Å²) in [5.74, 6) is -0.672. The van der Waals surface area contributed by atoms with Crippen LogP contribution in [0.3, 0.4) is 0 Å². The van der Waals surface area contributed by atoms with Crippen LogP contribution in [-0.2, 0) is 65.4 Å². The standard InChI is InChI=1S/C71H138O17P2/c1-7-9-11-13-15-17-18-19-20-21-22-23-24-25-31-37-43-49-55-70(75)87-66(59-82-69(74)54-48-42-36-30-27-26-29-33-39-45-51-63(3)4)61-85-89(77,78)83-57-65(72)58-84-90(79,80)86-62-67(60-81-68(73)53-47-41-35-28-16-14-12-10-8-2)88-71(76)56-50-44-38-32-34-40-46-52-64(5)6/h63-67,72H,7-62H2,1-6H3,(H,77,78)(H,79,80)/t65-,66-,67-/m1/s1. The minimum atomic E-state index is -4.95. The second-order valence-electron chi connectivity index (χ2n) is 26.6. The SMILES string of the molecule is CCCCCCCCCCCCCCCCCCCCC(=O)O[C@H](COC(=O)CCCCCCCCCCCCC(C)C)COP(=O)(O)OC[C@@H](O)COP(=O)(O)OC[C@@H](COC(=O)CCCCCCCCCCC)OC(=O)CCCCCCCCCC(C)C. The zero-order valence-corrected chi connectivity index (χ0v) is 60.2. The van der Waals surface area contributed by atoms with Gasteiger partial charge in [-0.3, -0.25) is 37.3 Å². The van der Waals surface area contributed by atoms with Gasteiger partial charge in [0, 0.05) is 25.7 Å². The summed E-state index contributed by atoms with van der Waals surface area (Å²) in [4.78, 5) is 72.5. The Balaban J connectivity index is 5.21. The van der Waals surface area contributed by atoms with E-state index in [1.165, 1.54) is 180 Å². The summed E-state index contributed by atoms with van der Waals surface area (Å²) in [6.45, 7) is 9.47. The predicted molar refractivity (Wildman–Crippen MR) is 363 cm³/mol. The molecule has 0 aromatic heterocycles. The summed E-state index contributed by atoms with van der Waals surface area (Å²) >= 11 is 0. The van der Waals surface area contributed by atoms with E-state index in [1.807, 2.05) is 0 Å². The fourth-order valence-corrected chi connectivity index (χ4v) is 12.3. The third-order valence-corrected chi connectivity index (χ3v) is 18.4.